The molecule has 1 saturated carbocycles. The Morgan fingerprint density at radius 2 is 1.69 bits per heavy atom. The topological polar surface area (TPSA) is 84.5 Å². The molecule has 7 heteroatoms. The maximum Gasteiger partial charge on any atom is 0.261 e. The molecule has 0 aromatic heterocycles. The van der Waals surface area contributed by atoms with E-state index < -0.39 is 16.1 Å². The average molecular weight is 459 g/mol. The Bertz CT molecular complexity index is 966. The summed E-state index contributed by atoms with van der Waals surface area (Å²) in [5, 5.41) is 3.05. The maximum absolute atomic E-state index is 12.7. The summed E-state index contributed by atoms with van der Waals surface area (Å²) in [7, 11) is -3.71. The van der Waals surface area contributed by atoms with Crippen LogP contribution in [0.4, 0.5) is 5.69 Å². The molecular formula is C25H34N2O4S. The summed E-state index contributed by atoms with van der Waals surface area (Å²) in [5.74, 6) is 0.313. The number of rotatable bonds is 10. The molecule has 1 atom stereocenters. The van der Waals surface area contributed by atoms with Crippen LogP contribution < -0.4 is 14.8 Å². The Labute approximate surface area is 191 Å². The molecule has 0 unspecified atom stereocenters. The Morgan fingerprint density at radius 1 is 1.03 bits per heavy atom. The largest absolute Gasteiger partial charge is 0.481 e. The third-order valence-electron chi connectivity index (χ3n) is 5.79. The number of benzene rings is 2. The first-order valence-electron chi connectivity index (χ1n) is 11.6. The van der Waals surface area contributed by atoms with Crippen LogP contribution >= 0.6 is 0 Å². The van der Waals surface area contributed by atoms with Crippen LogP contribution in [0.15, 0.2) is 53.4 Å². The summed E-state index contributed by atoms with van der Waals surface area (Å²) in [4.78, 5) is 12.5. The van der Waals surface area contributed by atoms with Gasteiger partial charge in [0.2, 0.25) is 0 Å². The molecule has 1 aliphatic carbocycles. The van der Waals surface area contributed by atoms with Crippen LogP contribution in [0.1, 0.15) is 64.4 Å². The van der Waals surface area contributed by atoms with Crippen LogP contribution in [0.2, 0.25) is 0 Å². The fourth-order valence-corrected chi connectivity index (χ4v) is 4.91. The molecule has 1 fully saturated rings. The van der Waals surface area contributed by atoms with Gasteiger partial charge < -0.3 is 10.1 Å². The van der Waals surface area contributed by atoms with E-state index >= 15 is 0 Å². The van der Waals surface area contributed by atoms with Gasteiger partial charge >= 0.3 is 0 Å². The predicted molar refractivity (Wildman–Crippen MR) is 127 cm³/mol. The Balaban J connectivity index is 1.55. The Hall–Kier alpha value is -2.54. The summed E-state index contributed by atoms with van der Waals surface area (Å²) in [6.07, 6.45) is 8.12. The lowest BCUT2D eigenvalue weighted by Gasteiger charge is -2.24. The lowest BCUT2D eigenvalue weighted by molar-refractivity contribution is -0.128. The third kappa shape index (κ3) is 6.99. The van der Waals surface area contributed by atoms with Gasteiger partial charge in [-0.05, 0) is 74.6 Å². The number of ether oxygens (including phenoxy) is 1. The number of hydrogen-bond donors (Lipinski definition) is 2. The highest BCUT2D eigenvalue weighted by atomic mass is 32.2. The molecule has 174 valence electrons. The molecule has 2 aromatic carbocycles. The number of nitrogens with one attached hydrogen (secondary N) is 2. The third-order valence-corrected chi connectivity index (χ3v) is 7.19. The van der Waals surface area contributed by atoms with Gasteiger partial charge in [0.25, 0.3) is 15.9 Å². The first-order valence-corrected chi connectivity index (χ1v) is 13.0. The molecule has 0 saturated heterocycles. The van der Waals surface area contributed by atoms with Gasteiger partial charge in [0.1, 0.15) is 5.75 Å². The van der Waals surface area contributed by atoms with Gasteiger partial charge in [-0.3, -0.25) is 9.52 Å². The molecule has 6 nitrogen and oxygen atoms in total. The zero-order valence-corrected chi connectivity index (χ0v) is 19.8. The minimum absolute atomic E-state index is 0.138. The van der Waals surface area contributed by atoms with E-state index in [0.29, 0.717) is 11.4 Å². The molecule has 32 heavy (non-hydrogen) atoms. The highest BCUT2D eigenvalue weighted by Crippen LogP contribution is 2.21. The smallest absolute Gasteiger partial charge is 0.261 e. The van der Waals surface area contributed by atoms with Crippen molar-refractivity contribution < 1.29 is 17.9 Å². The van der Waals surface area contributed by atoms with Gasteiger partial charge in [0, 0.05) is 11.7 Å². The van der Waals surface area contributed by atoms with E-state index in [4.69, 9.17) is 4.74 Å². The van der Waals surface area contributed by atoms with Gasteiger partial charge in [-0.15, -0.1) is 0 Å². The minimum Gasteiger partial charge on any atom is -0.481 e. The number of sulfonamides is 1. The van der Waals surface area contributed by atoms with E-state index in [1.165, 1.54) is 24.1 Å². The molecule has 1 amide bonds. The van der Waals surface area contributed by atoms with Crippen molar-refractivity contribution in [1.29, 1.82) is 0 Å². The van der Waals surface area contributed by atoms with Crippen LogP contribution in [-0.4, -0.2) is 26.5 Å². The minimum atomic E-state index is -3.71. The second-order valence-electron chi connectivity index (χ2n) is 8.48. The number of unbranched alkanes of at least 4 members (excludes halogenated alkanes) is 1. The first kappa shape index (κ1) is 24.1. The van der Waals surface area contributed by atoms with Crippen molar-refractivity contribution >= 4 is 21.6 Å². The Morgan fingerprint density at radius 3 is 2.31 bits per heavy atom. The molecule has 0 spiro atoms. The van der Waals surface area contributed by atoms with E-state index in [2.05, 4.69) is 17.0 Å². The molecule has 0 bridgehead atoms. The van der Waals surface area contributed by atoms with E-state index in [0.717, 1.165) is 44.9 Å². The summed E-state index contributed by atoms with van der Waals surface area (Å²) in [6.45, 7) is 3.85. The summed E-state index contributed by atoms with van der Waals surface area (Å²) in [6, 6.07) is 13.8. The van der Waals surface area contributed by atoms with Gasteiger partial charge in [-0.25, -0.2) is 8.42 Å². The lowest BCUT2D eigenvalue weighted by Crippen LogP contribution is -2.43. The zero-order chi connectivity index (χ0) is 23.0. The number of amides is 1. The first-order chi connectivity index (χ1) is 15.4. The van der Waals surface area contributed by atoms with Gasteiger partial charge in [-0.2, -0.15) is 0 Å². The monoisotopic (exact) mass is 458 g/mol. The zero-order valence-electron chi connectivity index (χ0n) is 19.0. The van der Waals surface area contributed by atoms with Crippen LogP contribution in [0.5, 0.6) is 5.75 Å². The molecule has 0 heterocycles. The number of anilines is 1. The number of aryl methyl sites for hydroxylation is 1. The van der Waals surface area contributed by atoms with Gasteiger partial charge in [0.15, 0.2) is 6.10 Å². The van der Waals surface area contributed by atoms with Gasteiger partial charge in [0.05, 0.1) is 4.90 Å². The van der Waals surface area contributed by atoms with E-state index in [1.54, 1.807) is 31.2 Å². The van der Waals surface area contributed by atoms with E-state index in [-0.39, 0.29) is 16.8 Å². The van der Waals surface area contributed by atoms with Crippen LogP contribution in [0.25, 0.3) is 0 Å². The fraction of sp³-hybridized carbons (Fsp3) is 0.480. The molecule has 2 N–H and O–H groups in total. The highest BCUT2D eigenvalue weighted by Gasteiger charge is 2.21. The van der Waals surface area contributed by atoms with Gasteiger partial charge in [-0.1, -0.05) is 44.7 Å². The van der Waals surface area contributed by atoms with Crippen LogP contribution in [0.3, 0.4) is 0 Å². The lowest BCUT2D eigenvalue weighted by atomic mass is 9.95. The molecule has 0 radical (unpaired) electrons. The van der Waals surface area contributed by atoms with Crippen molar-refractivity contribution in [1.82, 2.24) is 5.32 Å². The molecule has 1 aliphatic rings. The Kier molecular flexibility index (Phi) is 8.56. The normalized spacial score (nSPS) is 15.7. The number of hydrogen-bond acceptors (Lipinski definition) is 4. The second kappa shape index (κ2) is 11.4. The predicted octanol–water partition coefficient (Wildman–Crippen LogP) is 5.05. The van der Waals surface area contributed by atoms with Crippen molar-refractivity contribution in [2.24, 2.45) is 0 Å². The highest BCUT2D eigenvalue weighted by molar-refractivity contribution is 7.92. The fourth-order valence-electron chi connectivity index (χ4n) is 3.85. The standard InChI is InChI=1S/C25H34N2O4S/c1-3-4-8-20-11-13-22(14-12-20)27-32(29,30)24-17-15-23(16-18-24)31-19(2)25(28)26-21-9-6-5-7-10-21/h11-19,21,27H,3-10H2,1-2H3,(H,26,28)/t19-/m1/s1. The van der Waals surface area contributed by atoms with Crippen molar-refractivity contribution in [2.75, 3.05) is 4.72 Å². The van der Waals surface area contributed by atoms with Crippen molar-refractivity contribution in [2.45, 2.75) is 82.3 Å². The second-order valence-corrected chi connectivity index (χ2v) is 10.2. The average Bonchev–Trinajstić information content (AvgIpc) is 2.79. The molecule has 0 aliphatic heterocycles. The summed E-state index contributed by atoms with van der Waals surface area (Å²) >= 11 is 0. The maximum atomic E-state index is 12.7. The van der Waals surface area contributed by atoms with E-state index in [9.17, 15) is 13.2 Å². The SMILES string of the molecule is CCCCc1ccc(NS(=O)(=O)c2ccc(O[C@H](C)C(=O)NC3CCCCC3)cc2)cc1. The summed E-state index contributed by atoms with van der Waals surface area (Å²) in [5.41, 5.74) is 1.72. The molecular weight excluding hydrogens is 424 g/mol. The number of carbonyl (C=O) groups is 1. The summed E-state index contributed by atoms with van der Waals surface area (Å²) < 4.78 is 33.7. The quantitative estimate of drug-likeness (QED) is 0.522. The van der Waals surface area contributed by atoms with Crippen molar-refractivity contribution in [3.8, 4) is 5.75 Å². The molecule has 2 aromatic rings. The van der Waals surface area contributed by atoms with Crippen LogP contribution in [0, 0.1) is 0 Å². The number of carbonyl (C=O) groups excluding carboxylic acids is 1. The van der Waals surface area contributed by atoms with Crippen molar-refractivity contribution in [3.05, 3.63) is 54.1 Å². The van der Waals surface area contributed by atoms with Crippen LogP contribution in [-0.2, 0) is 21.2 Å². The molecule has 3 rings (SSSR count). The van der Waals surface area contributed by atoms with Crippen molar-refractivity contribution in [3.63, 3.8) is 0 Å². The van der Waals surface area contributed by atoms with E-state index in [1.807, 2.05) is 12.1 Å².